The highest BCUT2D eigenvalue weighted by atomic mass is 15.2. The summed E-state index contributed by atoms with van der Waals surface area (Å²) in [6, 6.07) is 12.6. The van der Waals surface area contributed by atoms with Crippen LogP contribution in [-0.4, -0.2) is 9.61 Å². The van der Waals surface area contributed by atoms with E-state index in [-0.39, 0.29) is 0 Å². The zero-order valence-electron chi connectivity index (χ0n) is 11.2. The molecular weight excluding hydrogens is 234 g/mol. The summed E-state index contributed by atoms with van der Waals surface area (Å²) in [7, 11) is 0. The van der Waals surface area contributed by atoms with Crippen LogP contribution in [0.15, 0.2) is 48.8 Å². The quantitative estimate of drug-likeness (QED) is 0.771. The molecule has 0 saturated carbocycles. The number of fused-ring (bicyclic) bond motifs is 1. The largest absolute Gasteiger partial charge is 0.381 e. The monoisotopic (exact) mass is 251 g/mol. The van der Waals surface area contributed by atoms with Gasteiger partial charge in [-0.2, -0.15) is 5.10 Å². The molecule has 19 heavy (non-hydrogen) atoms. The molecule has 96 valence electrons. The third-order valence-electron chi connectivity index (χ3n) is 3.36. The molecule has 0 spiro atoms. The van der Waals surface area contributed by atoms with Crippen LogP contribution in [0, 0.1) is 13.8 Å². The summed E-state index contributed by atoms with van der Waals surface area (Å²) in [4.78, 5) is 0. The van der Waals surface area contributed by atoms with Crippen molar-refractivity contribution in [3.05, 3.63) is 65.5 Å². The first kappa shape index (κ1) is 11.8. The van der Waals surface area contributed by atoms with Crippen LogP contribution in [0.4, 0.5) is 5.69 Å². The third-order valence-corrected chi connectivity index (χ3v) is 3.36. The summed E-state index contributed by atoms with van der Waals surface area (Å²) >= 11 is 0. The predicted molar refractivity (Wildman–Crippen MR) is 78.4 cm³/mol. The zero-order valence-corrected chi connectivity index (χ0v) is 11.2. The molecular formula is C16H17N3. The van der Waals surface area contributed by atoms with E-state index in [9.17, 15) is 0 Å². The van der Waals surface area contributed by atoms with Gasteiger partial charge in [-0.15, -0.1) is 0 Å². The molecule has 0 fully saturated rings. The van der Waals surface area contributed by atoms with E-state index in [0.717, 1.165) is 12.1 Å². The zero-order chi connectivity index (χ0) is 13.2. The maximum atomic E-state index is 4.34. The van der Waals surface area contributed by atoms with Crippen molar-refractivity contribution < 1.29 is 0 Å². The Morgan fingerprint density at radius 3 is 2.89 bits per heavy atom. The Morgan fingerprint density at radius 1 is 1.16 bits per heavy atom. The van der Waals surface area contributed by atoms with Gasteiger partial charge in [0, 0.05) is 24.0 Å². The van der Waals surface area contributed by atoms with E-state index >= 15 is 0 Å². The summed E-state index contributed by atoms with van der Waals surface area (Å²) < 4.78 is 1.90. The smallest absolute Gasteiger partial charge is 0.0711 e. The molecule has 3 heteroatoms. The van der Waals surface area contributed by atoms with Gasteiger partial charge in [-0.25, -0.2) is 4.52 Å². The number of nitrogens with one attached hydrogen (secondary N) is 1. The Hall–Kier alpha value is -2.29. The van der Waals surface area contributed by atoms with Crippen molar-refractivity contribution in [1.82, 2.24) is 9.61 Å². The summed E-state index contributed by atoms with van der Waals surface area (Å²) in [5.74, 6) is 0. The molecule has 0 radical (unpaired) electrons. The van der Waals surface area contributed by atoms with Crippen LogP contribution in [0.2, 0.25) is 0 Å². The Balaban J connectivity index is 1.82. The van der Waals surface area contributed by atoms with Gasteiger partial charge in [0.1, 0.15) is 0 Å². The fourth-order valence-corrected chi connectivity index (χ4v) is 2.33. The van der Waals surface area contributed by atoms with Crippen molar-refractivity contribution in [1.29, 1.82) is 0 Å². The molecule has 1 aromatic carbocycles. The predicted octanol–water partition coefficient (Wildman–Crippen LogP) is 3.56. The average Bonchev–Trinajstić information content (AvgIpc) is 2.81. The van der Waals surface area contributed by atoms with E-state index in [1.165, 1.54) is 22.4 Å². The van der Waals surface area contributed by atoms with Crippen molar-refractivity contribution in [2.75, 3.05) is 5.32 Å². The minimum Gasteiger partial charge on any atom is -0.381 e. The molecule has 0 aliphatic carbocycles. The Kier molecular flexibility index (Phi) is 2.95. The molecule has 0 unspecified atom stereocenters. The summed E-state index contributed by atoms with van der Waals surface area (Å²) in [6.07, 6.45) is 3.89. The number of hydrogen-bond acceptors (Lipinski definition) is 2. The first-order chi connectivity index (χ1) is 9.24. The molecule has 3 rings (SSSR count). The van der Waals surface area contributed by atoms with Crippen LogP contribution in [-0.2, 0) is 6.54 Å². The molecule has 0 amide bonds. The van der Waals surface area contributed by atoms with Crippen molar-refractivity contribution in [3.8, 4) is 0 Å². The maximum absolute atomic E-state index is 4.34. The van der Waals surface area contributed by atoms with Gasteiger partial charge < -0.3 is 5.32 Å². The van der Waals surface area contributed by atoms with Crippen LogP contribution < -0.4 is 5.32 Å². The Morgan fingerprint density at radius 2 is 2.05 bits per heavy atom. The Labute approximate surface area is 112 Å². The first-order valence-electron chi connectivity index (χ1n) is 6.46. The van der Waals surface area contributed by atoms with Gasteiger partial charge in [-0.05, 0) is 37.6 Å². The van der Waals surface area contributed by atoms with Crippen molar-refractivity contribution in [2.24, 2.45) is 0 Å². The van der Waals surface area contributed by atoms with Crippen molar-refractivity contribution in [2.45, 2.75) is 20.4 Å². The van der Waals surface area contributed by atoms with Gasteiger partial charge in [0.15, 0.2) is 0 Å². The number of aromatic nitrogens is 2. The fraction of sp³-hybridized carbons (Fsp3) is 0.188. The lowest BCUT2D eigenvalue weighted by molar-refractivity contribution is 0.961. The molecule has 0 saturated heterocycles. The standard InChI is InChI=1S/C16H17N3/c1-12-6-7-15(13(2)9-12)17-10-14-11-18-19-8-4-3-5-16(14)19/h3-9,11,17H,10H2,1-2H3. The second kappa shape index (κ2) is 4.76. The Bertz CT molecular complexity index is 713. The number of pyridine rings is 1. The van der Waals surface area contributed by atoms with Gasteiger partial charge >= 0.3 is 0 Å². The fourth-order valence-electron chi connectivity index (χ4n) is 2.33. The topological polar surface area (TPSA) is 29.3 Å². The number of benzene rings is 1. The first-order valence-corrected chi connectivity index (χ1v) is 6.46. The number of aryl methyl sites for hydroxylation is 2. The second-order valence-electron chi connectivity index (χ2n) is 4.87. The molecule has 1 N–H and O–H groups in total. The van der Waals surface area contributed by atoms with E-state index in [0.29, 0.717) is 0 Å². The van der Waals surface area contributed by atoms with E-state index in [4.69, 9.17) is 0 Å². The van der Waals surface area contributed by atoms with Gasteiger partial charge in [-0.3, -0.25) is 0 Å². The summed E-state index contributed by atoms with van der Waals surface area (Å²) in [6.45, 7) is 5.03. The number of rotatable bonds is 3. The summed E-state index contributed by atoms with van der Waals surface area (Å²) in [5, 5.41) is 7.83. The highest BCUT2D eigenvalue weighted by molar-refractivity contribution is 5.57. The van der Waals surface area contributed by atoms with Crippen LogP contribution in [0.5, 0.6) is 0 Å². The molecule has 0 bridgehead atoms. The van der Waals surface area contributed by atoms with Gasteiger partial charge in [0.2, 0.25) is 0 Å². The van der Waals surface area contributed by atoms with Gasteiger partial charge in [0.05, 0.1) is 11.7 Å². The highest BCUT2D eigenvalue weighted by Gasteiger charge is 2.04. The lowest BCUT2D eigenvalue weighted by atomic mass is 10.1. The van der Waals surface area contributed by atoms with E-state index < -0.39 is 0 Å². The van der Waals surface area contributed by atoms with Gasteiger partial charge in [-0.1, -0.05) is 23.8 Å². The summed E-state index contributed by atoms with van der Waals surface area (Å²) in [5.41, 5.74) is 6.11. The van der Waals surface area contributed by atoms with E-state index in [1.54, 1.807) is 0 Å². The van der Waals surface area contributed by atoms with Crippen LogP contribution >= 0.6 is 0 Å². The van der Waals surface area contributed by atoms with E-state index in [2.05, 4.69) is 48.5 Å². The third kappa shape index (κ3) is 2.32. The second-order valence-corrected chi connectivity index (χ2v) is 4.87. The lowest BCUT2D eigenvalue weighted by Gasteiger charge is -2.09. The number of nitrogens with zero attached hydrogens (tertiary/aromatic N) is 2. The minimum absolute atomic E-state index is 0.789. The van der Waals surface area contributed by atoms with Crippen molar-refractivity contribution >= 4 is 11.2 Å². The maximum Gasteiger partial charge on any atom is 0.0711 e. The molecule has 0 atom stereocenters. The van der Waals surface area contributed by atoms with Gasteiger partial charge in [0.25, 0.3) is 0 Å². The number of anilines is 1. The molecule has 3 nitrogen and oxygen atoms in total. The minimum atomic E-state index is 0.789. The average molecular weight is 251 g/mol. The molecule has 0 aliphatic heterocycles. The van der Waals surface area contributed by atoms with Crippen molar-refractivity contribution in [3.63, 3.8) is 0 Å². The molecule has 0 aliphatic rings. The van der Waals surface area contributed by atoms with Crippen LogP contribution in [0.25, 0.3) is 5.52 Å². The highest BCUT2D eigenvalue weighted by Crippen LogP contribution is 2.18. The number of hydrogen-bond donors (Lipinski definition) is 1. The lowest BCUT2D eigenvalue weighted by Crippen LogP contribution is -2.00. The normalized spacial score (nSPS) is 10.8. The van der Waals surface area contributed by atoms with E-state index in [1.807, 2.05) is 29.0 Å². The molecule has 3 aromatic rings. The van der Waals surface area contributed by atoms with Crippen LogP contribution in [0.3, 0.4) is 0 Å². The molecule has 2 aromatic heterocycles. The SMILES string of the molecule is Cc1ccc(NCc2cnn3ccccc23)c(C)c1. The molecule has 2 heterocycles. The van der Waals surface area contributed by atoms with Crippen LogP contribution in [0.1, 0.15) is 16.7 Å².